The Morgan fingerprint density at radius 1 is 0.791 bits per heavy atom. The zero-order chi connectivity index (χ0) is 31.0. The topological polar surface area (TPSA) is 96.0 Å². The molecule has 4 aromatic carbocycles. The van der Waals surface area contributed by atoms with Crippen LogP contribution in [-0.4, -0.2) is 43.8 Å². The van der Waals surface area contributed by atoms with Crippen LogP contribution in [0.3, 0.4) is 0 Å². The number of para-hydroxylation sites is 1. The maximum absolute atomic E-state index is 14.0. The molecule has 0 fully saturated rings. The predicted molar refractivity (Wildman–Crippen MR) is 168 cm³/mol. The molecule has 0 aliphatic rings. The summed E-state index contributed by atoms with van der Waals surface area (Å²) in [7, 11) is -4.15. The summed E-state index contributed by atoms with van der Waals surface area (Å²) in [6, 6.07) is 30.4. The molecule has 8 nitrogen and oxygen atoms in total. The van der Waals surface area contributed by atoms with Gasteiger partial charge in [0.1, 0.15) is 24.1 Å². The van der Waals surface area contributed by atoms with E-state index in [1.165, 1.54) is 17.0 Å². The van der Waals surface area contributed by atoms with E-state index in [4.69, 9.17) is 4.74 Å². The Kier molecular flexibility index (Phi) is 10.2. The molecule has 0 spiro atoms. The first-order valence-corrected chi connectivity index (χ1v) is 15.5. The van der Waals surface area contributed by atoms with E-state index >= 15 is 0 Å². The van der Waals surface area contributed by atoms with Crippen molar-refractivity contribution in [2.24, 2.45) is 0 Å². The van der Waals surface area contributed by atoms with Crippen LogP contribution in [0.1, 0.15) is 31.9 Å². The number of sulfonamides is 1. The summed E-state index contributed by atoms with van der Waals surface area (Å²) in [4.78, 5) is 28.6. The number of amides is 2. The maximum atomic E-state index is 14.0. The summed E-state index contributed by atoms with van der Waals surface area (Å²) in [5.41, 5.74) is 2.13. The molecule has 0 saturated heterocycles. The van der Waals surface area contributed by atoms with Crippen LogP contribution in [0.5, 0.6) is 11.5 Å². The molecule has 0 aromatic heterocycles. The summed E-state index contributed by atoms with van der Waals surface area (Å²) >= 11 is 0. The van der Waals surface area contributed by atoms with Gasteiger partial charge in [0.2, 0.25) is 11.8 Å². The van der Waals surface area contributed by atoms with Gasteiger partial charge in [-0.1, -0.05) is 66.2 Å². The van der Waals surface area contributed by atoms with Gasteiger partial charge in [0.25, 0.3) is 10.0 Å². The Hall–Kier alpha value is -4.63. The van der Waals surface area contributed by atoms with Gasteiger partial charge >= 0.3 is 0 Å². The number of rotatable bonds is 12. The van der Waals surface area contributed by atoms with Crippen molar-refractivity contribution in [3.8, 4) is 11.5 Å². The van der Waals surface area contributed by atoms with E-state index in [2.05, 4.69) is 5.32 Å². The molecule has 0 saturated carbocycles. The summed E-state index contributed by atoms with van der Waals surface area (Å²) in [5, 5.41) is 2.86. The Bertz CT molecular complexity index is 1630. The van der Waals surface area contributed by atoms with E-state index in [1.807, 2.05) is 75.4 Å². The molecule has 43 heavy (non-hydrogen) atoms. The van der Waals surface area contributed by atoms with Crippen molar-refractivity contribution in [1.29, 1.82) is 0 Å². The zero-order valence-corrected chi connectivity index (χ0v) is 25.6. The first-order valence-electron chi connectivity index (χ1n) is 14.1. The minimum Gasteiger partial charge on any atom is -0.457 e. The number of nitrogens with one attached hydrogen (secondary N) is 1. The van der Waals surface area contributed by atoms with Crippen LogP contribution < -0.4 is 14.4 Å². The molecule has 0 aliphatic carbocycles. The number of ether oxygens (including phenoxy) is 1. The molecular weight excluding hydrogens is 562 g/mol. The van der Waals surface area contributed by atoms with Crippen molar-refractivity contribution in [1.82, 2.24) is 10.2 Å². The lowest BCUT2D eigenvalue weighted by Gasteiger charge is -2.32. The number of nitrogens with zero attached hydrogens (tertiary/aromatic N) is 2. The Balaban J connectivity index is 1.69. The van der Waals surface area contributed by atoms with E-state index in [0.717, 1.165) is 15.4 Å². The Labute approximate surface area is 254 Å². The molecule has 1 atom stereocenters. The fraction of sp³-hybridized carbons (Fsp3) is 0.235. The largest absolute Gasteiger partial charge is 0.457 e. The van der Waals surface area contributed by atoms with E-state index < -0.39 is 28.5 Å². The number of aryl methyl sites for hydroxylation is 1. The lowest BCUT2D eigenvalue weighted by atomic mass is 10.1. The molecular formula is C34H37N3O5S. The molecule has 0 bridgehead atoms. The molecule has 4 aromatic rings. The molecule has 9 heteroatoms. The van der Waals surface area contributed by atoms with Gasteiger partial charge in [0, 0.05) is 12.6 Å². The predicted octanol–water partition coefficient (Wildman–Crippen LogP) is 5.92. The molecule has 0 unspecified atom stereocenters. The van der Waals surface area contributed by atoms with Gasteiger partial charge in [-0.2, -0.15) is 0 Å². The van der Waals surface area contributed by atoms with Gasteiger partial charge in [-0.05, 0) is 81.8 Å². The second kappa shape index (κ2) is 14.0. The standard InChI is InChI=1S/C34H37N3O5S/c1-25(2)35-34(39)27(4)36(23-28-13-11-12-26(3)22-28)33(38)24-37(43(40,41)32-16-9-6-10-17-32)29-18-20-31(21-19-29)42-30-14-7-5-8-15-30/h5-22,25,27H,23-24H2,1-4H3,(H,35,39)/t27-/m1/s1. The van der Waals surface area contributed by atoms with E-state index in [0.29, 0.717) is 11.5 Å². The summed E-state index contributed by atoms with van der Waals surface area (Å²) < 4.78 is 34.9. The highest BCUT2D eigenvalue weighted by Crippen LogP contribution is 2.28. The smallest absolute Gasteiger partial charge is 0.264 e. The van der Waals surface area contributed by atoms with Crippen molar-refractivity contribution in [2.75, 3.05) is 10.8 Å². The third-order valence-electron chi connectivity index (χ3n) is 6.75. The second-order valence-corrected chi connectivity index (χ2v) is 12.4. The van der Waals surface area contributed by atoms with Crippen LogP contribution in [0, 0.1) is 6.92 Å². The van der Waals surface area contributed by atoms with E-state index in [9.17, 15) is 18.0 Å². The zero-order valence-electron chi connectivity index (χ0n) is 24.8. The number of carbonyl (C=O) groups is 2. The van der Waals surface area contributed by atoms with Crippen molar-refractivity contribution in [2.45, 2.75) is 51.2 Å². The van der Waals surface area contributed by atoms with Crippen LogP contribution >= 0.6 is 0 Å². The number of carbonyl (C=O) groups excluding carboxylic acids is 2. The fourth-order valence-electron chi connectivity index (χ4n) is 4.55. The number of benzene rings is 4. The van der Waals surface area contributed by atoms with Crippen LogP contribution in [0.4, 0.5) is 5.69 Å². The first-order chi connectivity index (χ1) is 20.5. The molecule has 224 valence electrons. The second-order valence-electron chi connectivity index (χ2n) is 10.6. The van der Waals surface area contributed by atoms with E-state index in [1.54, 1.807) is 49.4 Å². The number of anilines is 1. The van der Waals surface area contributed by atoms with Gasteiger partial charge in [0.05, 0.1) is 10.6 Å². The summed E-state index contributed by atoms with van der Waals surface area (Å²) in [6.45, 7) is 6.91. The average Bonchev–Trinajstić information content (AvgIpc) is 2.99. The van der Waals surface area contributed by atoms with Gasteiger partial charge < -0.3 is 15.0 Å². The maximum Gasteiger partial charge on any atom is 0.264 e. The van der Waals surface area contributed by atoms with Gasteiger partial charge in [0.15, 0.2) is 0 Å². The summed E-state index contributed by atoms with van der Waals surface area (Å²) in [5.74, 6) is 0.311. The molecule has 1 N–H and O–H groups in total. The minimum absolute atomic E-state index is 0.0447. The molecule has 4 rings (SSSR count). The minimum atomic E-state index is -4.15. The lowest BCUT2D eigenvalue weighted by molar-refractivity contribution is -0.139. The molecule has 0 aliphatic heterocycles. The highest BCUT2D eigenvalue weighted by atomic mass is 32.2. The van der Waals surface area contributed by atoms with Crippen LogP contribution in [0.15, 0.2) is 114 Å². The molecule has 0 heterocycles. The Morgan fingerprint density at radius 2 is 1.40 bits per heavy atom. The van der Waals surface area contributed by atoms with E-state index in [-0.39, 0.29) is 29.1 Å². The highest BCUT2D eigenvalue weighted by molar-refractivity contribution is 7.92. The third kappa shape index (κ3) is 8.23. The van der Waals surface area contributed by atoms with Crippen LogP contribution in [0.25, 0.3) is 0 Å². The van der Waals surface area contributed by atoms with Crippen molar-refractivity contribution in [3.05, 3.63) is 120 Å². The van der Waals surface area contributed by atoms with Crippen molar-refractivity contribution < 1.29 is 22.7 Å². The first kappa shape index (κ1) is 31.3. The average molecular weight is 600 g/mol. The normalized spacial score (nSPS) is 11.9. The van der Waals surface area contributed by atoms with Crippen molar-refractivity contribution >= 4 is 27.5 Å². The van der Waals surface area contributed by atoms with Crippen LogP contribution in [-0.2, 0) is 26.2 Å². The monoisotopic (exact) mass is 599 g/mol. The Morgan fingerprint density at radius 3 is 2.00 bits per heavy atom. The number of hydrogen-bond acceptors (Lipinski definition) is 5. The molecule has 0 radical (unpaired) electrons. The van der Waals surface area contributed by atoms with Gasteiger partial charge in [-0.3, -0.25) is 13.9 Å². The quantitative estimate of drug-likeness (QED) is 0.218. The van der Waals surface area contributed by atoms with Gasteiger partial charge in [-0.25, -0.2) is 8.42 Å². The SMILES string of the molecule is Cc1cccc(CN(C(=O)CN(c2ccc(Oc3ccccc3)cc2)S(=O)(=O)c2ccccc2)[C@H](C)C(=O)NC(C)C)c1. The lowest BCUT2D eigenvalue weighted by Crippen LogP contribution is -2.52. The summed E-state index contributed by atoms with van der Waals surface area (Å²) in [6.07, 6.45) is 0. The number of hydrogen-bond donors (Lipinski definition) is 1. The molecule has 2 amide bonds. The third-order valence-corrected chi connectivity index (χ3v) is 8.54. The van der Waals surface area contributed by atoms with Crippen molar-refractivity contribution in [3.63, 3.8) is 0 Å². The highest BCUT2D eigenvalue weighted by Gasteiger charge is 2.32. The van der Waals surface area contributed by atoms with Crippen LogP contribution in [0.2, 0.25) is 0 Å². The van der Waals surface area contributed by atoms with Gasteiger partial charge in [-0.15, -0.1) is 0 Å². The fourth-order valence-corrected chi connectivity index (χ4v) is 5.98.